The van der Waals surface area contributed by atoms with Crippen molar-refractivity contribution in [2.45, 2.75) is 0 Å². The number of hydrogen-bond donors (Lipinski definition) is 2. The summed E-state index contributed by atoms with van der Waals surface area (Å²) in [7, 11) is 1.51. The van der Waals surface area contributed by atoms with Crippen LogP contribution in [-0.4, -0.2) is 28.0 Å². The van der Waals surface area contributed by atoms with E-state index in [1.54, 1.807) is 24.3 Å². The molecule has 0 fully saturated rings. The van der Waals surface area contributed by atoms with Gasteiger partial charge >= 0.3 is 0 Å². The second-order valence-corrected chi connectivity index (χ2v) is 6.34. The Balaban J connectivity index is 1.85. The van der Waals surface area contributed by atoms with Crippen LogP contribution in [0.3, 0.4) is 0 Å². The maximum Gasteiger partial charge on any atom is 0.280 e. The molecule has 3 N–H and O–H groups in total. The number of halogens is 2. The lowest BCUT2D eigenvalue weighted by atomic mass is 10.3. The zero-order chi connectivity index (χ0) is 18.0. The Morgan fingerprint density at radius 1 is 1.32 bits per heavy atom. The van der Waals surface area contributed by atoms with E-state index in [-0.39, 0.29) is 11.5 Å². The van der Waals surface area contributed by atoms with Crippen molar-refractivity contribution in [2.75, 3.05) is 18.2 Å². The van der Waals surface area contributed by atoms with Gasteiger partial charge in [-0.2, -0.15) is 4.68 Å². The topological polar surface area (TPSA) is 95.1 Å². The summed E-state index contributed by atoms with van der Waals surface area (Å²) in [5.41, 5.74) is 7.23. The van der Waals surface area contributed by atoms with Crippen LogP contribution < -0.4 is 15.8 Å². The van der Waals surface area contributed by atoms with Crippen molar-refractivity contribution in [3.05, 3.63) is 57.7 Å². The number of carbonyl (C=O) groups excluding carboxylic acids is 1. The summed E-state index contributed by atoms with van der Waals surface area (Å²) < 4.78 is 7.33. The normalized spacial score (nSPS) is 10.5. The summed E-state index contributed by atoms with van der Waals surface area (Å²) in [6.07, 6.45) is 0. The number of nitrogens with zero attached hydrogens (tertiary/aromatic N) is 3. The number of benzene rings is 2. The van der Waals surface area contributed by atoms with E-state index < -0.39 is 5.91 Å². The zero-order valence-electron chi connectivity index (χ0n) is 13.0. The largest absolute Gasteiger partial charge is 0.495 e. The number of amides is 1. The molecule has 1 amide bonds. The maximum atomic E-state index is 12.4. The number of nitrogens with two attached hydrogens (primary N) is 1. The van der Waals surface area contributed by atoms with Crippen LogP contribution in [0.25, 0.3) is 5.69 Å². The molecule has 0 aliphatic rings. The van der Waals surface area contributed by atoms with E-state index in [0.717, 1.165) is 4.47 Å². The number of nitrogens with one attached hydrogen (secondary N) is 1. The van der Waals surface area contributed by atoms with Gasteiger partial charge < -0.3 is 15.8 Å². The summed E-state index contributed by atoms with van der Waals surface area (Å²) in [6.45, 7) is 0. The van der Waals surface area contributed by atoms with Gasteiger partial charge in [-0.3, -0.25) is 4.79 Å². The molecule has 0 aliphatic carbocycles. The first-order valence-corrected chi connectivity index (χ1v) is 8.28. The number of rotatable bonds is 4. The Labute approximate surface area is 156 Å². The van der Waals surface area contributed by atoms with Crippen molar-refractivity contribution in [2.24, 2.45) is 0 Å². The first kappa shape index (κ1) is 17.2. The quantitative estimate of drug-likeness (QED) is 0.671. The Bertz CT molecular complexity index is 944. The van der Waals surface area contributed by atoms with Crippen molar-refractivity contribution in [3.8, 4) is 11.4 Å². The zero-order valence-corrected chi connectivity index (χ0v) is 15.4. The standard InChI is InChI=1S/C16H13BrClN5O2/c1-25-13-6-5-10(8-12(13)18)20-16(24)14-15(19)23(22-21-14)11-4-2-3-9(17)7-11/h2-8H,19H2,1H3,(H,20,24). The fraction of sp³-hybridized carbons (Fsp3) is 0.0625. The Morgan fingerprint density at radius 3 is 2.80 bits per heavy atom. The molecular weight excluding hydrogens is 410 g/mol. The molecule has 0 aliphatic heterocycles. The van der Waals surface area contributed by atoms with Gasteiger partial charge in [-0.1, -0.05) is 38.8 Å². The highest BCUT2D eigenvalue weighted by molar-refractivity contribution is 9.10. The van der Waals surface area contributed by atoms with Crippen LogP contribution in [0.5, 0.6) is 5.75 Å². The van der Waals surface area contributed by atoms with E-state index in [9.17, 15) is 4.79 Å². The minimum Gasteiger partial charge on any atom is -0.495 e. The summed E-state index contributed by atoms with van der Waals surface area (Å²) in [4.78, 5) is 12.4. The summed E-state index contributed by atoms with van der Waals surface area (Å²) >= 11 is 9.43. The van der Waals surface area contributed by atoms with E-state index >= 15 is 0 Å². The van der Waals surface area contributed by atoms with E-state index in [2.05, 4.69) is 31.6 Å². The smallest absolute Gasteiger partial charge is 0.280 e. The van der Waals surface area contributed by atoms with Gasteiger partial charge in [0.05, 0.1) is 17.8 Å². The number of hydrogen-bond acceptors (Lipinski definition) is 5. The summed E-state index contributed by atoms with van der Waals surface area (Å²) in [5, 5.41) is 10.9. The molecule has 0 saturated heterocycles. The van der Waals surface area contributed by atoms with Crippen LogP contribution in [0, 0.1) is 0 Å². The summed E-state index contributed by atoms with van der Waals surface area (Å²) in [5.74, 6) is 0.162. The third-order valence-electron chi connectivity index (χ3n) is 3.38. The molecule has 1 heterocycles. The molecule has 3 aromatic rings. The highest BCUT2D eigenvalue weighted by Crippen LogP contribution is 2.27. The van der Waals surface area contributed by atoms with Crippen molar-refractivity contribution < 1.29 is 9.53 Å². The van der Waals surface area contributed by atoms with Crippen LogP contribution in [0.15, 0.2) is 46.9 Å². The fourth-order valence-corrected chi connectivity index (χ4v) is 2.83. The van der Waals surface area contributed by atoms with Gasteiger partial charge in [-0.05, 0) is 36.4 Å². The lowest BCUT2D eigenvalue weighted by molar-refractivity contribution is 0.102. The molecule has 0 radical (unpaired) electrons. The first-order chi connectivity index (χ1) is 12.0. The third-order valence-corrected chi connectivity index (χ3v) is 4.17. The molecule has 128 valence electrons. The lowest BCUT2D eigenvalue weighted by Crippen LogP contribution is -2.15. The highest BCUT2D eigenvalue weighted by Gasteiger charge is 2.19. The van der Waals surface area contributed by atoms with Gasteiger partial charge in [0, 0.05) is 10.2 Å². The molecule has 1 aromatic heterocycles. The number of nitrogen functional groups attached to an aromatic ring is 1. The van der Waals surface area contributed by atoms with Crippen LogP contribution in [0.4, 0.5) is 11.5 Å². The molecule has 25 heavy (non-hydrogen) atoms. The molecule has 2 aromatic carbocycles. The summed E-state index contributed by atoms with van der Waals surface area (Å²) in [6, 6.07) is 12.2. The average molecular weight is 423 g/mol. The fourth-order valence-electron chi connectivity index (χ4n) is 2.18. The number of methoxy groups -OCH3 is 1. The minimum absolute atomic E-state index is 0.0203. The third kappa shape index (κ3) is 3.59. The molecule has 0 saturated carbocycles. The number of anilines is 2. The molecule has 7 nitrogen and oxygen atoms in total. The SMILES string of the molecule is COc1ccc(NC(=O)c2nnn(-c3cccc(Br)c3)c2N)cc1Cl. The maximum absolute atomic E-state index is 12.4. The molecule has 0 bridgehead atoms. The van der Waals surface area contributed by atoms with Crippen molar-refractivity contribution in [1.29, 1.82) is 0 Å². The molecule has 0 spiro atoms. The van der Waals surface area contributed by atoms with Crippen molar-refractivity contribution in [3.63, 3.8) is 0 Å². The second kappa shape index (κ2) is 7.12. The Kier molecular flexibility index (Phi) is 4.91. The van der Waals surface area contributed by atoms with E-state index in [1.165, 1.54) is 11.8 Å². The molecule has 3 rings (SSSR count). The van der Waals surface area contributed by atoms with Gasteiger partial charge in [0.1, 0.15) is 5.75 Å². The van der Waals surface area contributed by atoms with E-state index in [1.807, 2.05) is 18.2 Å². The van der Waals surface area contributed by atoms with Gasteiger partial charge in [-0.25, -0.2) is 0 Å². The van der Waals surface area contributed by atoms with Gasteiger partial charge in [0.15, 0.2) is 11.5 Å². The number of carbonyl (C=O) groups is 1. The van der Waals surface area contributed by atoms with Crippen molar-refractivity contribution in [1.82, 2.24) is 15.0 Å². The van der Waals surface area contributed by atoms with E-state index in [0.29, 0.717) is 22.1 Å². The average Bonchev–Trinajstić information content (AvgIpc) is 2.96. The molecule has 0 atom stereocenters. The number of ether oxygens (including phenoxy) is 1. The van der Waals surface area contributed by atoms with Crippen LogP contribution in [-0.2, 0) is 0 Å². The monoisotopic (exact) mass is 421 g/mol. The predicted molar refractivity (Wildman–Crippen MR) is 99.4 cm³/mol. The van der Waals surface area contributed by atoms with Gasteiger partial charge in [-0.15, -0.1) is 5.10 Å². The van der Waals surface area contributed by atoms with E-state index in [4.69, 9.17) is 22.1 Å². The Morgan fingerprint density at radius 2 is 2.12 bits per heavy atom. The van der Waals surface area contributed by atoms with Crippen LogP contribution >= 0.6 is 27.5 Å². The van der Waals surface area contributed by atoms with Crippen LogP contribution in [0.2, 0.25) is 5.02 Å². The lowest BCUT2D eigenvalue weighted by Gasteiger charge is -2.07. The van der Waals surface area contributed by atoms with Crippen molar-refractivity contribution >= 4 is 44.9 Å². The Hall–Kier alpha value is -2.58. The second-order valence-electron chi connectivity index (χ2n) is 5.02. The van der Waals surface area contributed by atoms with Gasteiger partial charge in [0.25, 0.3) is 5.91 Å². The molecule has 0 unspecified atom stereocenters. The first-order valence-electron chi connectivity index (χ1n) is 7.11. The highest BCUT2D eigenvalue weighted by atomic mass is 79.9. The van der Waals surface area contributed by atoms with Crippen LogP contribution in [0.1, 0.15) is 10.5 Å². The molecule has 9 heteroatoms. The predicted octanol–water partition coefficient (Wildman–Crippen LogP) is 3.53. The minimum atomic E-state index is -0.486. The number of aromatic nitrogens is 3. The molecular formula is C16H13BrClN5O2. The van der Waals surface area contributed by atoms with Gasteiger partial charge in [0.2, 0.25) is 0 Å².